The SMILES string of the molecule is CC(O)(CNC(=O)CSC1CCCC1)c1ccc2c(c1)OCO2. The molecule has 23 heavy (non-hydrogen) atoms. The molecule has 1 amide bonds. The van der Waals surface area contributed by atoms with Gasteiger partial charge in [0.2, 0.25) is 12.7 Å². The van der Waals surface area contributed by atoms with Crippen LogP contribution in [0.5, 0.6) is 11.5 Å². The third-order valence-corrected chi connectivity index (χ3v) is 5.75. The maximum atomic E-state index is 12.0. The third kappa shape index (κ3) is 4.12. The summed E-state index contributed by atoms with van der Waals surface area (Å²) in [5.74, 6) is 1.75. The van der Waals surface area contributed by atoms with Gasteiger partial charge in [-0.2, -0.15) is 0 Å². The molecule has 0 bridgehead atoms. The summed E-state index contributed by atoms with van der Waals surface area (Å²) in [4.78, 5) is 12.0. The Hall–Kier alpha value is -1.40. The maximum Gasteiger partial charge on any atom is 0.231 e. The van der Waals surface area contributed by atoms with Gasteiger partial charge in [0.25, 0.3) is 0 Å². The van der Waals surface area contributed by atoms with Crippen molar-refractivity contribution in [3.8, 4) is 11.5 Å². The van der Waals surface area contributed by atoms with Gasteiger partial charge in [-0.05, 0) is 37.5 Å². The third-order valence-electron chi connectivity index (χ3n) is 4.38. The van der Waals surface area contributed by atoms with Crippen molar-refractivity contribution in [3.63, 3.8) is 0 Å². The van der Waals surface area contributed by atoms with E-state index in [1.807, 2.05) is 0 Å². The van der Waals surface area contributed by atoms with Crippen LogP contribution in [0.2, 0.25) is 0 Å². The number of rotatable bonds is 6. The number of thioether (sulfide) groups is 1. The predicted octanol–water partition coefficient (Wildman–Crippen LogP) is 2.41. The molecule has 1 unspecified atom stereocenters. The molecule has 5 nitrogen and oxygen atoms in total. The molecule has 0 radical (unpaired) electrons. The zero-order valence-corrected chi connectivity index (χ0v) is 14.2. The minimum absolute atomic E-state index is 0.0251. The Bertz CT molecular complexity index is 570. The number of hydrogen-bond donors (Lipinski definition) is 2. The first-order valence-electron chi connectivity index (χ1n) is 8.05. The van der Waals surface area contributed by atoms with Crippen molar-refractivity contribution < 1.29 is 19.4 Å². The van der Waals surface area contributed by atoms with Gasteiger partial charge in [0.1, 0.15) is 5.60 Å². The summed E-state index contributed by atoms with van der Waals surface area (Å²) in [7, 11) is 0. The fourth-order valence-corrected chi connectivity index (χ4v) is 4.06. The molecule has 6 heteroatoms. The highest BCUT2D eigenvalue weighted by Gasteiger charge is 2.27. The smallest absolute Gasteiger partial charge is 0.231 e. The summed E-state index contributed by atoms with van der Waals surface area (Å²) < 4.78 is 10.6. The van der Waals surface area contributed by atoms with E-state index in [0.29, 0.717) is 28.1 Å². The normalized spacial score (nSPS) is 19.6. The second-order valence-corrected chi connectivity index (χ2v) is 7.62. The van der Waals surface area contributed by atoms with Crippen LogP contribution in [0.25, 0.3) is 0 Å². The quantitative estimate of drug-likeness (QED) is 0.834. The molecule has 1 fully saturated rings. The molecular formula is C17H23NO4S. The number of benzene rings is 1. The monoisotopic (exact) mass is 337 g/mol. The lowest BCUT2D eigenvalue weighted by Gasteiger charge is -2.24. The Morgan fingerprint density at radius 3 is 2.87 bits per heavy atom. The van der Waals surface area contributed by atoms with E-state index in [1.54, 1.807) is 36.9 Å². The predicted molar refractivity (Wildman–Crippen MR) is 89.9 cm³/mol. The topological polar surface area (TPSA) is 67.8 Å². The second kappa shape index (κ2) is 7.01. The number of fused-ring (bicyclic) bond motifs is 1. The van der Waals surface area contributed by atoms with Crippen LogP contribution in [0.3, 0.4) is 0 Å². The Kier molecular flexibility index (Phi) is 5.02. The molecule has 1 aromatic carbocycles. The zero-order chi connectivity index (χ0) is 16.3. The number of carbonyl (C=O) groups is 1. The average Bonchev–Trinajstić information content (AvgIpc) is 3.21. The number of aliphatic hydroxyl groups is 1. The largest absolute Gasteiger partial charge is 0.454 e. The number of nitrogens with one attached hydrogen (secondary N) is 1. The molecular weight excluding hydrogens is 314 g/mol. The molecule has 0 spiro atoms. The Morgan fingerprint density at radius 2 is 2.09 bits per heavy atom. The fraction of sp³-hybridized carbons (Fsp3) is 0.588. The molecule has 3 rings (SSSR count). The van der Waals surface area contributed by atoms with Crippen molar-refractivity contribution >= 4 is 17.7 Å². The van der Waals surface area contributed by atoms with Gasteiger partial charge in [0.05, 0.1) is 12.3 Å². The summed E-state index contributed by atoms with van der Waals surface area (Å²) in [6.45, 7) is 2.07. The van der Waals surface area contributed by atoms with Crippen LogP contribution in [0.1, 0.15) is 38.2 Å². The van der Waals surface area contributed by atoms with Gasteiger partial charge < -0.3 is 19.9 Å². The number of hydrogen-bond acceptors (Lipinski definition) is 5. The lowest BCUT2D eigenvalue weighted by atomic mass is 9.95. The van der Waals surface area contributed by atoms with E-state index >= 15 is 0 Å². The van der Waals surface area contributed by atoms with Crippen molar-refractivity contribution in [3.05, 3.63) is 23.8 Å². The molecule has 0 aromatic heterocycles. The molecule has 1 aromatic rings. The van der Waals surface area contributed by atoms with E-state index in [0.717, 1.165) is 0 Å². The van der Waals surface area contributed by atoms with Crippen LogP contribution >= 0.6 is 11.8 Å². The van der Waals surface area contributed by atoms with Crippen LogP contribution in [0.15, 0.2) is 18.2 Å². The van der Waals surface area contributed by atoms with Crippen LogP contribution in [-0.2, 0) is 10.4 Å². The van der Waals surface area contributed by atoms with E-state index in [4.69, 9.17) is 9.47 Å². The molecule has 1 aliphatic carbocycles. The first kappa shape index (κ1) is 16.5. The molecule has 1 heterocycles. The lowest BCUT2D eigenvalue weighted by molar-refractivity contribution is -0.119. The summed E-state index contributed by atoms with van der Waals surface area (Å²) in [5, 5.41) is 14.1. The van der Waals surface area contributed by atoms with Gasteiger partial charge in [-0.15, -0.1) is 11.8 Å². The van der Waals surface area contributed by atoms with Crippen molar-refractivity contribution in [2.75, 3.05) is 19.1 Å². The van der Waals surface area contributed by atoms with Crippen LogP contribution in [0.4, 0.5) is 0 Å². The number of carbonyl (C=O) groups excluding carboxylic acids is 1. The molecule has 1 atom stereocenters. The van der Waals surface area contributed by atoms with Crippen molar-refractivity contribution in [2.45, 2.75) is 43.5 Å². The second-order valence-electron chi connectivity index (χ2n) is 6.34. The summed E-state index contributed by atoms with van der Waals surface area (Å²) in [6, 6.07) is 5.35. The highest BCUT2D eigenvalue weighted by molar-refractivity contribution is 8.00. The molecule has 0 saturated heterocycles. The first-order chi connectivity index (χ1) is 11.0. The summed E-state index contributed by atoms with van der Waals surface area (Å²) in [5.41, 5.74) is -0.445. The molecule has 1 saturated carbocycles. The van der Waals surface area contributed by atoms with Crippen molar-refractivity contribution in [1.82, 2.24) is 5.32 Å². The van der Waals surface area contributed by atoms with Crippen LogP contribution in [-0.4, -0.2) is 35.4 Å². The van der Waals surface area contributed by atoms with E-state index in [9.17, 15) is 9.90 Å². The molecule has 2 N–H and O–H groups in total. The van der Waals surface area contributed by atoms with Gasteiger partial charge in [-0.3, -0.25) is 4.79 Å². The summed E-state index contributed by atoms with van der Waals surface area (Å²) in [6.07, 6.45) is 4.98. The molecule has 126 valence electrons. The van der Waals surface area contributed by atoms with Gasteiger partial charge >= 0.3 is 0 Å². The first-order valence-corrected chi connectivity index (χ1v) is 9.10. The number of ether oxygens (including phenoxy) is 2. The van der Waals surface area contributed by atoms with Gasteiger partial charge in [-0.25, -0.2) is 0 Å². The zero-order valence-electron chi connectivity index (χ0n) is 13.3. The van der Waals surface area contributed by atoms with Gasteiger partial charge in [-0.1, -0.05) is 18.9 Å². The van der Waals surface area contributed by atoms with Gasteiger partial charge in [0.15, 0.2) is 11.5 Å². The van der Waals surface area contributed by atoms with Crippen LogP contribution in [0, 0.1) is 0 Å². The standard InChI is InChI=1S/C17H23NO4S/c1-17(20,12-6-7-14-15(8-12)22-11-21-14)10-18-16(19)9-23-13-4-2-3-5-13/h6-8,13,20H,2-5,9-11H2,1H3,(H,18,19). The molecule has 2 aliphatic rings. The Morgan fingerprint density at radius 1 is 1.35 bits per heavy atom. The van der Waals surface area contributed by atoms with Gasteiger partial charge in [0, 0.05) is 5.25 Å². The van der Waals surface area contributed by atoms with Crippen molar-refractivity contribution in [1.29, 1.82) is 0 Å². The Balaban J connectivity index is 1.50. The molecule has 1 aliphatic heterocycles. The van der Waals surface area contributed by atoms with Crippen molar-refractivity contribution in [2.24, 2.45) is 0 Å². The van der Waals surface area contributed by atoms with Crippen LogP contribution < -0.4 is 14.8 Å². The fourth-order valence-electron chi connectivity index (χ4n) is 2.90. The Labute approximate surface area is 140 Å². The van der Waals surface area contributed by atoms with E-state index in [2.05, 4.69) is 5.32 Å². The number of amides is 1. The highest BCUT2D eigenvalue weighted by Crippen LogP contribution is 2.35. The lowest BCUT2D eigenvalue weighted by Crippen LogP contribution is -2.39. The minimum atomic E-state index is -1.14. The highest BCUT2D eigenvalue weighted by atomic mass is 32.2. The van der Waals surface area contributed by atoms with E-state index in [1.165, 1.54) is 25.7 Å². The van der Waals surface area contributed by atoms with E-state index in [-0.39, 0.29) is 19.2 Å². The summed E-state index contributed by atoms with van der Waals surface area (Å²) >= 11 is 1.72. The van der Waals surface area contributed by atoms with E-state index < -0.39 is 5.60 Å². The minimum Gasteiger partial charge on any atom is -0.454 e. The average molecular weight is 337 g/mol. The maximum absolute atomic E-state index is 12.0.